The molecule has 0 aliphatic rings. The van der Waals surface area contributed by atoms with Crippen molar-refractivity contribution < 1.29 is 15.0 Å². The minimum Gasteiger partial charge on any atom is -0.508 e. The number of ketones is 1. The Morgan fingerprint density at radius 1 is 1.31 bits per heavy atom. The lowest BCUT2D eigenvalue weighted by Gasteiger charge is -1.82. The molecule has 0 unspecified atom stereocenters. The van der Waals surface area contributed by atoms with E-state index in [4.69, 9.17) is 10.2 Å². The maximum atomic E-state index is 9.88. The van der Waals surface area contributed by atoms with Crippen LogP contribution in [0.25, 0.3) is 0 Å². The second-order valence-electron chi connectivity index (χ2n) is 2.51. The second-order valence-corrected chi connectivity index (χ2v) is 2.51. The Kier molecular flexibility index (Phi) is 6.55. The molecule has 13 heavy (non-hydrogen) atoms. The fraction of sp³-hybridized carbons (Fsp3) is 0.300. The van der Waals surface area contributed by atoms with Gasteiger partial charge in [0, 0.05) is 13.0 Å². The highest BCUT2D eigenvalue weighted by Crippen LogP contribution is 2.02. The monoisotopic (exact) mass is 182 g/mol. The third-order valence-corrected chi connectivity index (χ3v) is 1.22. The zero-order valence-electron chi connectivity index (χ0n) is 7.60. The maximum absolute atomic E-state index is 9.88. The average Bonchev–Trinajstić information content (AvgIpc) is 2.06. The molecule has 2 N–H and O–H groups in total. The van der Waals surface area contributed by atoms with Crippen LogP contribution in [0.15, 0.2) is 30.3 Å². The van der Waals surface area contributed by atoms with Crippen LogP contribution in [0.5, 0.6) is 5.75 Å². The summed E-state index contributed by atoms with van der Waals surface area (Å²) in [6.07, 6.45) is 0.292. The summed E-state index contributed by atoms with van der Waals surface area (Å²) in [6, 6.07) is 8.71. The van der Waals surface area contributed by atoms with Gasteiger partial charge in [0.25, 0.3) is 0 Å². The Balaban J connectivity index is 0.000000226. The van der Waals surface area contributed by atoms with E-state index in [-0.39, 0.29) is 12.4 Å². The molecule has 72 valence electrons. The predicted octanol–water partition coefficient (Wildman–Crippen LogP) is 1.35. The minimum absolute atomic E-state index is 0.0185. The molecule has 1 rings (SSSR count). The van der Waals surface area contributed by atoms with E-state index in [1.165, 1.54) is 6.92 Å². The van der Waals surface area contributed by atoms with Crippen LogP contribution in [0.3, 0.4) is 0 Å². The van der Waals surface area contributed by atoms with Gasteiger partial charge >= 0.3 is 0 Å². The van der Waals surface area contributed by atoms with Crippen molar-refractivity contribution in [1.29, 1.82) is 0 Å². The van der Waals surface area contributed by atoms with E-state index < -0.39 is 0 Å². The summed E-state index contributed by atoms with van der Waals surface area (Å²) in [5.74, 6) is 0.361. The average molecular weight is 182 g/mol. The summed E-state index contributed by atoms with van der Waals surface area (Å²) in [5, 5.41) is 16.6. The van der Waals surface area contributed by atoms with Crippen LogP contribution in [0.1, 0.15) is 13.3 Å². The molecule has 0 radical (unpaired) electrons. The molecule has 0 heterocycles. The largest absolute Gasteiger partial charge is 0.508 e. The number of phenols is 1. The lowest BCUT2D eigenvalue weighted by molar-refractivity contribution is -0.117. The second kappa shape index (κ2) is 7.31. The van der Waals surface area contributed by atoms with E-state index in [1.54, 1.807) is 24.3 Å². The number of hydrogen-bond acceptors (Lipinski definition) is 3. The summed E-state index contributed by atoms with van der Waals surface area (Å²) in [5.41, 5.74) is 0. The van der Waals surface area contributed by atoms with E-state index in [2.05, 4.69) is 0 Å². The number of aromatic hydroxyl groups is 1. The van der Waals surface area contributed by atoms with Crippen LogP contribution in [-0.4, -0.2) is 22.6 Å². The first-order valence-electron chi connectivity index (χ1n) is 4.01. The molecule has 1 aromatic rings. The van der Waals surface area contributed by atoms with Crippen LogP contribution in [0, 0.1) is 0 Å². The number of para-hydroxylation sites is 1. The molecule has 0 aliphatic carbocycles. The van der Waals surface area contributed by atoms with Crippen molar-refractivity contribution in [3.05, 3.63) is 30.3 Å². The first-order chi connectivity index (χ1) is 6.16. The quantitative estimate of drug-likeness (QED) is 0.725. The Morgan fingerprint density at radius 2 is 1.85 bits per heavy atom. The first kappa shape index (κ1) is 11.6. The number of rotatable bonds is 2. The van der Waals surface area contributed by atoms with Gasteiger partial charge in [-0.05, 0) is 19.1 Å². The summed E-state index contributed by atoms with van der Waals surface area (Å²) in [7, 11) is 0. The van der Waals surface area contributed by atoms with Gasteiger partial charge in [0.15, 0.2) is 0 Å². The molecule has 3 heteroatoms. The van der Waals surface area contributed by atoms with Gasteiger partial charge in [-0.2, -0.15) is 0 Å². The van der Waals surface area contributed by atoms with Gasteiger partial charge in [0.05, 0.1) is 0 Å². The number of benzene rings is 1. The summed E-state index contributed by atoms with van der Waals surface area (Å²) < 4.78 is 0. The first-order valence-corrected chi connectivity index (χ1v) is 4.01. The zero-order valence-corrected chi connectivity index (χ0v) is 7.60. The van der Waals surface area contributed by atoms with Gasteiger partial charge in [-0.1, -0.05) is 18.2 Å². The molecule has 0 spiro atoms. The highest BCUT2D eigenvalue weighted by Gasteiger charge is 1.84. The molecule has 0 bridgehead atoms. The van der Waals surface area contributed by atoms with Crippen molar-refractivity contribution in [1.82, 2.24) is 0 Å². The Morgan fingerprint density at radius 3 is 2.00 bits per heavy atom. The lowest BCUT2D eigenvalue weighted by Crippen LogP contribution is -1.92. The minimum atomic E-state index is -0.0185. The molecule has 0 fully saturated rings. The highest BCUT2D eigenvalue weighted by atomic mass is 16.3. The van der Waals surface area contributed by atoms with E-state index >= 15 is 0 Å². The molecule has 0 saturated carbocycles. The highest BCUT2D eigenvalue weighted by molar-refractivity contribution is 5.75. The molecule has 0 atom stereocenters. The van der Waals surface area contributed by atoms with Gasteiger partial charge < -0.3 is 10.2 Å². The molecule has 1 aromatic carbocycles. The number of aliphatic hydroxyl groups excluding tert-OH is 1. The normalized spacial score (nSPS) is 8.46. The van der Waals surface area contributed by atoms with Crippen LogP contribution in [0.4, 0.5) is 0 Å². The maximum Gasteiger partial charge on any atom is 0.132 e. The molecule has 0 aliphatic heterocycles. The van der Waals surface area contributed by atoms with Crippen molar-refractivity contribution in [2.45, 2.75) is 13.3 Å². The SMILES string of the molecule is CC(=O)CCO.Oc1ccccc1. The smallest absolute Gasteiger partial charge is 0.132 e. The third-order valence-electron chi connectivity index (χ3n) is 1.22. The standard InChI is InChI=1S/C6H6O.C4H8O2/c7-6-4-2-1-3-5-6;1-4(6)2-3-5/h1-5,7H;5H,2-3H2,1H3. The third kappa shape index (κ3) is 8.56. The number of phenolic OH excluding ortho intramolecular Hbond substituents is 1. The predicted molar refractivity (Wildman–Crippen MR) is 50.5 cm³/mol. The van der Waals surface area contributed by atoms with Crippen LogP contribution in [-0.2, 0) is 4.79 Å². The Hall–Kier alpha value is -1.35. The molecule has 3 nitrogen and oxygen atoms in total. The van der Waals surface area contributed by atoms with Crippen LogP contribution in [0.2, 0.25) is 0 Å². The van der Waals surface area contributed by atoms with Crippen molar-refractivity contribution in [2.24, 2.45) is 0 Å². The van der Waals surface area contributed by atoms with Crippen molar-refractivity contribution in [3.63, 3.8) is 0 Å². The summed E-state index contributed by atoms with van der Waals surface area (Å²) in [6.45, 7) is 1.44. The number of Topliss-reactive ketones (excluding diaryl/α,β-unsaturated/α-hetero) is 1. The molecule has 0 aromatic heterocycles. The summed E-state index contributed by atoms with van der Waals surface area (Å²) >= 11 is 0. The number of carbonyl (C=O) groups is 1. The number of carbonyl (C=O) groups excluding carboxylic acids is 1. The van der Waals surface area contributed by atoms with Gasteiger partial charge in [-0.3, -0.25) is 4.79 Å². The fourth-order valence-corrected chi connectivity index (χ4v) is 0.585. The molecular formula is C10H14O3. The van der Waals surface area contributed by atoms with E-state index in [0.717, 1.165) is 0 Å². The van der Waals surface area contributed by atoms with Crippen molar-refractivity contribution in [3.8, 4) is 5.75 Å². The van der Waals surface area contributed by atoms with Crippen molar-refractivity contribution in [2.75, 3.05) is 6.61 Å². The Bertz CT molecular complexity index is 231. The van der Waals surface area contributed by atoms with Crippen LogP contribution < -0.4 is 0 Å². The van der Waals surface area contributed by atoms with Gasteiger partial charge in [0.1, 0.15) is 11.5 Å². The van der Waals surface area contributed by atoms with Gasteiger partial charge in [0.2, 0.25) is 0 Å². The topological polar surface area (TPSA) is 57.5 Å². The molecule has 0 amide bonds. The zero-order chi connectivity index (χ0) is 10.1. The van der Waals surface area contributed by atoms with E-state index in [0.29, 0.717) is 12.2 Å². The van der Waals surface area contributed by atoms with Gasteiger partial charge in [-0.15, -0.1) is 0 Å². The van der Waals surface area contributed by atoms with E-state index in [9.17, 15) is 4.79 Å². The number of hydrogen-bond donors (Lipinski definition) is 2. The van der Waals surface area contributed by atoms with Crippen molar-refractivity contribution >= 4 is 5.78 Å². The van der Waals surface area contributed by atoms with Crippen LogP contribution >= 0.6 is 0 Å². The fourth-order valence-electron chi connectivity index (χ4n) is 0.585. The Labute approximate surface area is 77.6 Å². The molecule has 0 saturated heterocycles. The summed E-state index contributed by atoms with van der Waals surface area (Å²) in [4.78, 5) is 9.88. The lowest BCUT2D eigenvalue weighted by atomic mass is 10.3. The van der Waals surface area contributed by atoms with E-state index in [1.807, 2.05) is 6.07 Å². The molecular weight excluding hydrogens is 168 g/mol. The number of aliphatic hydroxyl groups is 1. The van der Waals surface area contributed by atoms with Gasteiger partial charge in [-0.25, -0.2) is 0 Å².